The Kier molecular flexibility index (Phi) is 3.14. The van der Waals surface area contributed by atoms with Gasteiger partial charge in [0.05, 0.1) is 0 Å². The number of nitrogens with zero attached hydrogens (tertiary/aromatic N) is 1. The van der Waals surface area contributed by atoms with Crippen LogP contribution in [0.4, 0.5) is 11.4 Å². The molecule has 1 fully saturated rings. The van der Waals surface area contributed by atoms with Gasteiger partial charge in [0.1, 0.15) is 0 Å². The highest BCUT2D eigenvalue weighted by Gasteiger charge is 2.21. The number of anilines is 2. The van der Waals surface area contributed by atoms with E-state index in [1.807, 2.05) is 12.1 Å². The van der Waals surface area contributed by atoms with Crippen LogP contribution in [0.3, 0.4) is 0 Å². The standard InChI is InChI=1S/C13H20N2/c1-2-15(10-9-11-3-4-11)13-7-5-12(14)6-8-13/h5-8,11H,2-4,9-10,14H2,1H3. The van der Waals surface area contributed by atoms with E-state index in [0.717, 1.165) is 18.2 Å². The van der Waals surface area contributed by atoms with Gasteiger partial charge in [-0.05, 0) is 43.5 Å². The van der Waals surface area contributed by atoms with Crippen LogP contribution in [0.15, 0.2) is 24.3 Å². The van der Waals surface area contributed by atoms with Gasteiger partial charge in [-0.1, -0.05) is 12.8 Å². The van der Waals surface area contributed by atoms with Gasteiger partial charge in [0, 0.05) is 24.5 Å². The van der Waals surface area contributed by atoms with Crippen molar-refractivity contribution in [1.29, 1.82) is 0 Å². The van der Waals surface area contributed by atoms with Crippen molar-refractivity contribution < 1.29 is 0 Å². The molecule has 0 amide bonds. The number of benzene rings is 1. The number of rotatable bonds is 5. The lowest BCUT2D eigenvalue weighted by atomic mass is 10.2. The van der Waals surface area contributed by atoms with Gasteiger partial charge < -0.3 is 10.6 Å². The summed E-state index contributed by atoms with van der Waals surface area (Å²) >= 11 is 0. The smallest absolute Gasteiger partial charge is 0.0367 e. The Bertz CT molecular complexity index is 301. The van der Waals surface area contributed by atoms with E-state index < -0.39 is 0 Å². The summed E-state index contributed by atoms with van der Waals surface area (Å²) in [5.41, 5.74) is 7.82. The van der Waals surface area contributed by atoms with Crippen molar-refractivity contribution in [3.63, 3.8) is 0 Å². The number of hydrogen-bond acceptors (Lipinski definition) is 2. The topological polar surface area (TPSA) is 29.3 Å². The number of hydrogen-bond donors (Lipinski definition) is 1. The van der Waals surface area contributed by atoms with Crippen molar-refractivity contribution in [2.24, 2.45) is 5.92 Å². The zero-order valence-electron chi connectivity index (χ0n) is 9.45. The second kappa shape index (κ2) is 4.56. The Hall–Kier alpha value is -1.18. The molecule has 2 N–H and O–H groups in total. The average Bonchev–Trinajstić information content (AvgIpc) is 3.05. The van der Waals surface area contributed by atoms with Gasteiger partial charge in [0.25, 0.3) is 0 Å². The van der Waals surface area contributed by atoms with Crippen molar-refractivity contribution in [3.8, 4) is 0 Å². The molecule has 1 aromatic carbocycles. The molecule has 0 heterocycles. The third-order valence-corrected chi connectivity index (χ3v) is 3.14. The first-order valence-corrected chi connectivity index (χ1v) is 5.90. The Balaban J connectivity index is 1.94. The van der Waals surface area contributed by atoms with Crippen LogP contribution >= 0.6 is 0 Å². The molecule has 1 saturated carbocycles. The van der Waals surface area contributed by atoms with Gasteiger partial charge in [-0.15, -0.1) is 0 Å². The van der Waals surface area contributed by atoms with Crippen LogP contribution in [0.2, 0.25) is 0 Å². The Morgan fingerprint density at radius 3 is 2.47 bits per heavy atom. The quantitative estimate of drug-likeness (QED) is 0.747. The fourth-order valence-electron chi connectivity index (χ4n) is 1.90. The van der Waals surface area contributed by atoms with E-state index in [2.05, 4.69) is 24.0 Å². The van der Waals surface area contributed by atoms with E-state index in [-0.39, 0.29) is 0 Å². The molecule has 2 rings (SSSR count). The van der Waals surface area contributed by atoms with Gasteiger partial charge in [-0.3, -0.25) is 0 Å². The zero-order valence-corrected chi connectivity index (χ0v) is 9.45. The predicted octanol–water partition coefficient (Wildman–Crippen LogP) is 2.90. The summed E-state index contributed by atoms with van der Waals surface area (Å²) in [4.78, 5) is 2.43. The van der Waals surface area contributed by atoms with Crippen molar-refractivity contribution in [2.75, 3.05) is 23.7 Å². The minimum absolute atomic E-state index is 0.844. The second-order valence-electron chi connectivity index (χ2n) is 4.40. The van der Waals surface area contributed by atoms with E-state index in [1.54, 1.807) is 0 Å². The summed E-state index contributed by atoms with van der Waals surface area (Å²) in [6.45, 7) is 4.48. The molecule has 0 spiro atoms. The van der Waals surface area contributed by atoms with Gasteiger partial charge in [0.2, 0.25) is 0 Å². The molecule has 0 unspecified atom stereocenters. The molecule has 0 bridgehead atoms. The van der Waals surface area contributed by atoms with Gasteiger partial charge in [-0.2, -0.15) is 0 Å². The molecular formula is C13H20N2. The molecule has 0 radical (unpaired) electrons. The highest BCUT2D eigenvalue weighted by Crippen LogP contribution is 2.32. The predicted molar refractivity (Wildman–Crippen MR) is 66.1 cm³/mol. The van der Waals surface area contributed by atoms with Crippen LogP contribution in [0.5, 0.6) is 0 Å². The third-order valence-electron chi connectivity index (χ3n) is 3.14. The minimum Gasteiger partial charge on any atom is -0.399 e. The van der Waals surface area contributed by atoms with Crippen molar-refractivity contribution in [2.45, 2.75) is 26.2 Å². The largest absolute Gasteiger partial charge is 0.399 e. The second-order valence-corrected chi connectivity index (χ2v) is 4.40. The van der Waals surface area contributed by atoms with Crippen LogP contribution in [0.1, 0.15) is 26.2 Å². The Labute approximate surface area is 92.1 Å². The Morgan fingerprint density at radius 2 is 1.93 bits per heavy atom. The highest BCUT2D eigenvalue weighted by molar-refractivity contribution is 5.52. The summed E-state index contributed by atoms with van der Waals surface area (Å²) in [6.07, 6.45) is 4.23. The van der Waals surface area contributed by atoms with Gasteiger partial charge in [-0.25, -0.2) is 0 Å². The molecule has 1 aromatic rings. The molecule has 2 heteroatoms. The highest BCUT2D eigenvalue weighted by atomic mass is 15.1. The number of nitrogens with two attached hydrogens (primary N) is 1. The first-order valence-electron chi connectivity index (χ1n) is 5.90. The van der Waals surface area contributed by atoms with Gasteiger partial charge >= 0.3 is 0 Å². The lowest BCUT2D eigenvalue weighted by Crippen LogP contribution is -2.24. The van der Waals surface area contributed by atoms with Crippen LogP contribution in [-0.4, -0.2) is 13.1 Å². The molecule has 1 aliphatic rings. The molecule has 0 saturated heterocycles. The molecule has 82 valence electrons. The fraction of sp³-hybridized carbons (Fsp3) is 0.538. The molecule has 1 aliphatic carbocycles. The summed E-state index contributed by atoms with van der Waals surface area (Å²) in [6, 6.07) is 8.20. The summed E-state index contributed by atoms with van der Waals surface area (Å²) in [7, 11) is 0. The molecule has 0 atom stereocenters. The zero-order chi connectivity index (χ0) is 10.7. The SMILES string of the molecule is CCN(CCC1CC1)c1ccc(N)cc1. The van der Waals surface area contributed by atoms with E-state index in [4.69, 9.17) is 5.73 Å². The van der Waals surface area contributed by atoms with Crippen LogP contribution in [0, 0.1) is 5.92 Å². The maximum atomic E-state index is 5.68. The monoisotopic (exact) mass is 204 g/mol. The lowest BCUT2D eigenvalue weighted by molar-refractivity contribution is 0.687. The average molecular weight is 204 g/mol. The molecule has 2 nitrogen and oxygen atoms in total. The van der Waals surface area contributed by atoms with Crippen LogP contribution < -0.4 is 10.6 Å². The van der Waals surface area contributed by atoms with E-state index in [0.29, 0.717) is 0 Å². The van der Waals surface area contributed by atoms with Crippen LogP contribution in [0.25, 0.3) is 0 Å². The minimum atomic E-state index is 0.844. The summed E-state index contributed by atoms with van der Waals surface area (Å²) in [5, 5.41) is 0. The molecule has 0 aliphatic heterocycles. The Morgan fingerprint density at radius 1 is 1.27 bits per heavy atom. The van der Waals surface area contributed by atoms with Gasteiger partial charge in [0.15, 0.2) is 0 Å². The lowest BCUT2D eigenvalue weighted by Gasteiger charge is -2.23. The molecule has 0 aromatic heterocycles. The summed E-state index contributed by atoms with van der Waals surface area (Å²) < 4.78 is 0. The first-order chi connectivity index (χ1) is 7.29. The summed E-state index contributed by atoms with van der Waals surface area (Å²) in [5.74, 6) is 1.01. The first kappa shape index (κ1) is 10.3. The maximum Gasteiger partial charge on any atom is 0.0367 e. The normalized spacial score (nSPS) is 15.3. The van der Waals surface area contributed by atoms with E-state index >= 15 is 0 Å². The maximum absolute atomic E-state index is 5.68. The van der Waals surface area contributed by atoms with Crippen molar-refractivity contribution in [1.82, 2.24) is 0 Å². The fourth-order valence-corrected chi connectivity index (χ4v) is 1.90. The van der Waals surface area contributed by atoms with Crippen molar-refractivity contribution >= 4 is 11.4 Å². The molecular weight excluding hydrogens is 184 g/mol. The van der Waals surface area contributed by atoms with E-state index in [9.17, 15) is 0 Å². The number of nitrogen functional groups attached to an aromatic ring is 1. The molecule has 15 heavy (non-hydrogen) atoms. The van der Waals surface area contributed by atoms with Crippen molar-refractivity contribution in [3.05, 3.63) is 24.3 Å². The van der Waals surface area contributed by atoms with Crippen LogP contribution in [-0.2, 0) is 0 Å². The third kappa shape index (κ3) is 2.88. The van der Waals surface area contributed by atoms with E-state index in [1.165, 1.54) is 31.5 Å².